The number of aliphatic hydroxyl groups is 1. The first-order chi connectivity index (χ1) is 10.3. The van der Waals surface area contributed by atoms with Gasteiger partial charge in [-0.05, 0) is 30.7 Å². The molecule has 1 amide bonds. The highest BCUT2D eigenvalue weighted by Crippen LogP contribution is 2.03. The SMILES string of the molecule is CCCCOCCNC(=O)c1ccc(C#CCCO)cc1. The summed E-state index contributed by atoms with van der Waals surface area (Å²) >= 11 is 0. The maximum Gasteiger partial charge on any atom is 0.251 e. The second-order valence-corrected chi connectivity index (χ2v) is 4.57. The summed E-state index contributed by atoms with van der Waals surface area (Å²) < 4.78 is 5.38. The Kier molecular flexibility index (Phi) is 8.94. The number of unbranched alkanes of at least 4 members (excludes halogenated alkanes) is 1. The summed E-state index contributed by atoms with van der Waals surface area (Å²) in [4.78, 5) is 11.9. The molecule has 0 atom stereocenters. The van der Waals surface area contributed by atoms with E-state index in [0.717, 1.165) is 25.0 Å². The summed E-state index contributed by atoms with van der Waals surface area (Å²) in [6.07, 6.45) is 2.62. The predicted octanol–water partition coefficient (Wildman–Crippen LogP) is 1.97. The summed E-state index contributed by atoms with van der Waals surface area (Å²) in [7, 11) is 0. The van der Waals surface area contributed by atoms with Gasteiger partial charge in [0.15, 0.2) is 0 Å². The predicted molar refractivity (Wildman–Crippen MR) is 83.1 cm³/mol. The Labute approximate surface area is 126 Å². The third kappa shape index (κ3) is 7.50. The Bertz CT molecular complexity index is 471. The van der Waals surface area contributed by atoms with Crippen molar-refractivity contribution in [2.45, 2.75) is 26.2 Å². The van der Waals surface area contributed by atoms with Crippen LogP contribution in [0.1, 0.15) is 42.1 Å². The molecule has 0 aliphatic carbocycles. The van der Waals surface area contributed by atoms with Crippen LogP contribution < -0.4 is 5.32 Å². The third-order valence-corrected chi connectivity index (χ3v) is 2.79. The van der Waals surface area contributed by atoms with E-state index in [4.69, 9.17) is 9.84 Å². The van der Waals surface area contributed by atoms with Gasteiger partial charge in [0.2, 0.25) is 0 Å². The molecule has 4 nitrogen and oxygen atoms in total. The quantitative estimate of drug-likeness (QED) is 0.568. The van der Waals surface area contributed by atoms with Gasteiger partial charge in [0.25, 0.3) is 5.91 Å². The highest BCUT2D eigenvalue weighted by atomic mass is 16.5. The zero-order valence-electron chi connectivity index (χ0n) is 12.5. The van der Waals surface area contributed by atoms with E-state index < -0.39 is 0 Å². The first-order valence-electron chi connectivity index (χ1n) is 7.33. The van der Waals surface area contributed by atoms with E-state index in [-0.39, 0.29) is 12.5 Å². The lowest BCUT2D eigenvalue weighted by atomic mass is 10.1. The standard InChI is InChI=1S/C17H23NO3/c1-2-3-13-21-14-11-18-17(20)16-9-7-15(8-10-16)6-4-5-12-19/h7-10,19H,2-3,5,11-14H2,1H3,(H,18,20). The molecule has 0 unspecified atom stereocenters. The molecule has 1 rings (SSSR count). The van der Waals surface area contributed by atoms with Crippen LogP contribution in [0, 0.1) is 11.8 Å². The molecule has 1 aromatic carbocycles. The Hall–Kier alpha value is -1.83. The van der Waals surface area contributed by atoms with Gasteiger partial charge in [-0.3, -0.25) is 4.79 Å². The van der Waals surface area contributed by atoms with Crippen LogP contribution in [-0.2, 0) is 4.74 Å². The molecule has 1 aromatic rings. The molecule has 0 bridgehead atoms. The highest BCUT2D eigenvalue weighted by molar-refractivity contribution is 5.94. The third-order valence-electron chi connectivity index (χ3n) is 2.79. The Balaban J connectivity index is 2.33. The number of carbonyl (C=O) groups is 1. The lowest BCUT2D eigenvalue weighted by molar-refractivity contribution is 0.0913. The fraction of sp³-hybridized carbons (Fsp3) is 0.471. The van der Waals surface area contributed by atoms with Crippen LogP contribution in [0.4, 0.5) is 0 Å². The van der Waals surface area contributed by atoms with Gasteiger partial charge in [-0.15, -0.1) is 0 Å². The number of ether oxygens (including phenoxy) is 1. The fourth-order valence-corrected chi connectivity index (χ4v) is 1.61. The smallest absolute Gasteiger partial charge is 0.251 e. The van der Waals surface area contributed by atoms with Gasteiger partial charge in [-0.25, -0.2) is 0 Å². The van der Waals surface area contributed by atoms with E-state index in [9.17, 15) is 4.79 Å². The number of carbonyl (C=O) groups excluding carboxylic acids is 1. The van der Waals surface area contributed by atoms with Crippen LogP contribution in [0.2, 0.25) is 0 Å². The van der Waals surface area contributed by atoms with Gasteiger partial charge < -0.3 is 15.2 Å². The van der Waals surface area contributed by atoms with Gasteiger partial charge in [0.1, 0.15) is 0 Å². The molecule has 4 heteroatoms. The van der Waals surface area contributed by atoms with E-state index in [2.05, 4.69) is 24.1 Å². The number of hydrogen-bond donors (Lipinski definition) is 2. The lowest BCUT2D eigenvalue weighted by Gasteiger charge is -2.06. The van der Waals surface area contributed by atoms with Gasteiger partial charge in [-0.2, -0.15) is 0 Å². The van der Waals surface area contributed by atoms with Crippen molar-refractivity contribution in [3.8, 4) is 11.8 Å². The van der Waals surface area contributed by atoms with Crippen molar-refractivity contribution in [3.05, 3.63) is 35.4 Å². The molecule has 0 aliphatic rings. The van der Waals surface area contributed by atoms with Crippen LogP contribution in [0.25, 0.3) is 0 Å². The van der Waals surface area contributed by atoms with E-state index in [1.54, 1.807) is 24.3 Å². The summed E-state index contributed by atoms with van der Waals surface area (Å²) in [5.74, 6) is 5.66. The van der Waals surface area contributed by atoms with Crippen molar-refractivity contribution in [1.29, 1.82) is 0 Å². The molecule has 21 heavy (non-hydrogen) atoms. The van der Waals surface area contributed by atoms with Crippen LogP contribution in [0.5, 0.6) is 0 Å². The summed E-state index contributed by atoms with van der Waals surface area (Å²) in [5, 5.41) is 11.5. The van der Waals surface area contributed by atoms with Crippen LogP contribution in [-0.4, -0.2) is 37.4 Å². The Morgan fingerprint density at radius 3 is 2.71 bits per heavy atom. The number of benzene rings is 1. The summed E-state index contributed by atoms with van der Waals surface area (Å²) in [6, 6.07) is 7.10. The first-order valence-corrected chi connectivity index (χ1v) is 7.33. The number of aliphatic hydroxyl groups excluding tert-OH is 1. The Morgan fingerprint density at radius 2 is 2.05 bits per heavy atom. The van der Waals surface area contributed by atoms with E-state index in [1.807, 2.05) is 0 Å². The normalized spacial score (nSPS) is 9.81. The molecule has 2 N–H and O–H groups in total. The van der Waals surface area contributed by atoms with E-state index in [1.165, 1.54) is 0 Å². The molecule has 0 spiro atoms. The minimum absolute atomic E-state index is 0.0633. The molecular weight excluding hydrogens is 266 g/mol. The van der Waals surface area contributed by atoms with Crippen LogP contribution >= 0.6 is 0 Å². The molecule has 0 heterocycles. The zero-order chi connectivity index (χ0) is 15.3. The highest BCUT2D eigenvalue weighted by Gasteiger charge is 2.03. The maximum atomic E-state index is 11.9. The molecular formula is C17H23NO3. The number of hydrogen-bond acceptors (Lipinski definition) is 3. The van der Waals surface area contributed by atoms with Crippen molar-refractivity contribution in [2.24, 2.45) is 0 Å². The average molecular weight is 289 g/mol. The molecule has 0 aromatic heterocycles. The van der Waals surface area contributed by atoms with Gasteiger partial charge in [0, 0.05) is 30.7 Å². The molecule has 0 saturated carbocycles. The van der Waals surface area contributed by atoms with Crippen molar-refractivity contribution in [3.63, 3.8) is 0 Å². The summed E-state index contributed by atoms with van der Waals surface area (Å²) in [6.45, 7) is 3.97. The molecule has 0 aliphatic heterocycles. The average Bonchev–Trinajstić information content (AvgIpc) is 2.51. The van der Waals surface area contributed by atoms with Crippen molar-refractivity contribution >= 4 is 5.91 Å². The van der Waals surface area contributed by atoms with Crippen molar-refractivity contribution < 1.29 is 14.6 Å². The molecule has 114 valence electrons. The topological polar surface area (TPSA) is 58.6 Å². The van der Waals surface area contributed by atoms with Crippen molar-refractivity contribution in [2.75, 3.05) is 26.4 Å². The second-order valence-electron chi connectivity index (χ2n) is 4.57. The van der Waals surface area contributed by atoms with E-state index in [0.29, 0.717) is 25.1 Å². The zero-order valence-corrected chi connectivity index (χ0v) is 12.5. The number of nitrogens with one attached hydrogen (secondary N) is 1. The van der Waals surface area contributed by atoms with E-state index >= 15 is 0 Å². The molecule has 0 saturated heterocycles. The minimum atomic E-state index is -0.107. The van der Waals surface area contributed by atoms with Gasteiger partial charge in [-0.1, -0.05) is 25.2 Å². The Morgan fingerprint density at radius 1 is 1.29 bits per heavy atom. The molecule has 0 radical (unpaired) electrons. The number of amides is 1. The van der Waals surface area contributed by atoms with Gasteiger partial charge in [0.05, 0.1) is 13.2 Å². The van der Waals surface area contributed by atoms with Crippen LogP contribution in [0.15, 0.2) is 24.3 Å². The second kappa shape index (κ2) is 10.9. The van der Waals surface area contributed by atoms with Crippen LogP contribution in [0.3, 0.4) is 0 Å². The fourth-order valence-electron chi connectivity index (χ4n) is 1.61. The van der Waals surface area contributed by atoms with Crippen molar-refractivity contribution in [1.82, 2.24) is 5.32 Å². The lowest BCUT2D eigenvalue weighted by Crippen LogP contribution is -2.27. The minimum Gasteiger partial charge on any atom is -0.395 e. The first kappa shape index (κ1) is 17.2. The monoisotopic (exact) mass is 289 g/mol. The van der Waals surface area contributed by atoms with Gasteiger partial charge >= 0.3 is 0 Å². The number of rotatable bonds is 8. The summed E-state index contributed by atoms with van der Waals surface area (Å²) in [5.41, 5.74) is 1.44. The maximum absolute atomic E-state index is 11.9. The molecule has 0 fully saturated rings. The largest absolute Gasteiger partial charge is 0.395 e.